The highest BCUT2D eigenvalue weighted by Crippen LogP contribution is 2.41. The number of hydrogen-bond acceptors (Lipinski definition) is 1. The van der Waals surface area contributed by atoms with Crippen LogP contribution in [0.25, 0.3) is 22.4 Å². The van der Waals surface area contributed by atoms with E-state index in [4.69, 9.17) is 0 Å². The topological polar surface area (TPSA) is 12.9 Å². The van der Waals surface area contributed by atoms with Gasteiger partial charge in [0.2, 0.25) is 0 Å². The highest BCUT2D eigenvalue weighted by molar-refractivity contribution is 6.40. The fraction of sp³-hybridized carbons (Fsp3) is 0.292. The molecular formula is C24H27B2N. The van der Waals surface area contributed by atoms with E-state index in [1.54, 1.807) is 0 Å². The van der Waals surface area contributed by atoms with Gasteiger partial charge in [0.25, 0.3) is 0 Å². The summed E-state index contributed by atoms with van der Waals surface area (Å²) in [6, 6.07) is 23.9. The molecule has 1 nitrogen and oxygen atoms in total. The van der Waals surface area contributed by atoms with E-state index in [0.717, 1.165) is 23.1 Å². The first-order valence-corrected chi connectivity index (χ1v) is 10.2. The summed E-state index contributed by atoms with van der Waals surface area (Å²) in [5, 5.41) is 0.247. The lowest BCUT2D eigenvalue weighted by molar-refractivity contribution is 0.464. The Morgan fingerprint density at radius 3 is 2.26 bits per heavy atom. The molecule has 2 unspecified atom stereocenters. The van der Waals surface area contributed by atoms with Gasteiger partial charge < -0.3 is 0 Å². The molecule has 1 saturated carbocycles. The lowest BCUT2D eigenvalue weighted by atomic mass is 9.45. The highest BCUT2D eigenvalue weighted by Gasteiger charge is 2.35. The molecule has 1 heterocycles. The Hall–Kier alpha value is -2.28. The summed E-state index contributed by atoms with van der Waals surface area (Å²) >= 11 is 0. The molecule has 2 atom stereocenters. The van der Waals surface area contributed by atoms with Gasteiger partial charge in [0.15, 0.2) is 0 Å². The van der Waals surface area contributed by atoms with Crippen molar-refractivity contribution in [2.75, 3.05) is 0 Å². The first-order chi connectivity index (χ1) is 13.0. The molecule has 0 N–H and O–H groups in total. The van der Waals surface area contributed by atoms with Crippen LogP contribution in [0.3, 0.4) is 0 Å². The number of benzene rings is 2. The monoisotopic (exact) mass is 351 g/mol. The lowest BCUT2D eigenvalue weighted by Gasteiger charge is -2.33. The lowest BCUT2D eigenvalue weighted by Crippen LogP contribution is -2.35. The molecule has 0 radical (unpaired) electrons. The summed E-state index contributed by atoms with van der Waals surface area (Å²) in [5.41, 5.74) is 6.13. The zero-order valence-corrected chi connectivity index (χ0v) is 16.7. The van der Waals surface area contributed by atoms with E-state index < -0.39 is 0 Å². The molecule has 1 aromatic heterocycles. The maximum atomic E-state index is 4.55. The zero-order valence-electron chi connectivity index (χ0n) is 16.7. The number of pyridine rings is 1. The van der Waals surface area contributed by atoms with Crippen molar-refractivity contribution in [2.45, 2.75) is 31.4 Å². The van der Waals surface area contributed by atoms with Gasteiger partial charge in [-0.1, -0.05) is 85.1 Å². The fourth-order valence-corrected chi connectivity index (χ4v) is 4.57. The van der Waals surface area contributed by atoms with E-state index in [1.807, 2.05) is 12.3 Å². The molecule has 1 aliphatic rings. The van der Waals surface area contributed by atoms with Gasteiger partial charge in [-0.3, -0.25) is 4.98 Å². The molecule has 0 amide bonds. The van der Waals surface area contributed by atoms with Crippen LogP contribution in [-0.2, 0) is 5.21 Å². The summed E-state index contributed by atoms with van der Waals surface area (Å²) < 4.78 is 0. The number of rotatable bonds is 4. The van der Waals surface area contributed by atoms with E-state index >= 15 is 0 Å². The third kappa shape index (κ3) is 3.74. The van der Waals surface area contributed by atoms with Crippen molar-refractivity contribution in [1.82, 2.24) is 4.98 Å². The van der Waals surface area contributed by atoms with Crippen molar-refractivity contribution >= 4 is 15.7 Å². The van der Waals surface area contributed by atoms with E-state index in [-0.39, 0.29) is 5.21 Å². The second-order valence-electron chi connectivity index (χ2n) is 8.71. The number of aromatic nitrogens is 1. The van der Waals surface area contributed by atoms with Gasteiger partial charge in [0.05, 0.1) is 5.69 Å². The minimum absolute atomic E-state index is 0.247. The summed E-state index contributed by atoms with van der Waals surface area (Å²) in [4.78, 5) is 4.55. The smallest absolute Gasteiger partial charge is 0.105 e. The van der Waals surface area contributed by atoms with Crippen LogP contribution in [0.4, 0.5) is 0 Å². The fourth-order valence-electron chi connectivity index (χ4n) is 4.57. The van der Waals surface area contributed by atoms with Crippen molar-refractivity contribution in [2.24, 2.45) is 11.8 Å². The molecular weight excluding hydrogens is 324 g/mol. The highest BCUT2D eigenvalue weighted by atomic mass is 14.7. The number of hydrogen-bond donors (Lipinski definition) is 0. The molecule has 1 aliphatic carbocycles. The number of nitrogens with zero attached hydrogens (tertiary/aromatic N) is 1. The molecule has 27 heavy (non-hydrogen) atoms. The Bertz CT molecular complexity index is 903. The van der Waals surface area contributed by atoms with Crippen molar-refractivity contribution in [1.29, 1.82) is 0 Å². The Labute approximate surface area is 165 Å². The predicted octanol–water partition coefficient (Wildman–Crippen LogP) is 4.27. The summed E-state index contributed by atoms with van der Waals surface area (Å²) in [5.74, 6) is 1.67. The van der Waals surface area contributed by atoms with Gasteiger partial charge in [-0.2, -0.15) is 0 Å². The summed E-state index contributed by atoms with van der Waals surface area (Å²) in [7, 11) is 4.84. The second-order valence-corrected chi connectivity index (χ2v) is 8.71. The van der Waals surface area contributed by atoms with Crippen molar-refractivity contribution in [3.63, 3.8) is 0 Å². The van der Waals surface area contributed by atoms with Crippen LogP contribution in [0.1, 0.15) is 31.7 Å². The van der Waals surface area contributed by atoms with E-state index in [2.05, 4.69) is 88.3 Å². The van der Waals surface area contributed by atoms with Crippen LogP contribution in [0.15, 0.2) is 72.9 Å². The van der Waals surface area contributed by atoms with Crippen molar-refractivity contribution < 1.29 is 0 Å². The van der Waals surface area contributed by atoms with Crippen LogP contribution in [-0.4, -0.2) is 20.7 Å². The molecule has 0 spiro atoms. The maximum Gasteiger partial charge on any atom is 0.105 e. The Kier molecular flexibility index (Phi) is 4.95. The molecule has 0 bridgehead atoms. The molecule has 1 fully saturated rings. The van der Waals surface area contributed by atoms with Gasteiger partial charge in [-0.15, -0.1) is 0 Å². The maximum absolute atomic E-state index is 4.55. The Balaban J connectivity index is 1.59. The third-order valence-corrected chi connectivity index (χ3v) is 6.51. The summed E-state index contributed by atoms with van der Waals surface area (Å²) in [6.07, 6.45) is 6.02. The quantitative estimate of drug-likeness (QED) is 0.640. The Morgan fingerprint density at radius 1 is 0.852 bits per heavy atom. The molecule has 134 valence electrons. The standard InChI is InChI=1S/C24H27B2N/c1-17-7-10-22(15-17)24(25,26)21-11-8-18(9-12-21)20-13-14-27-23(16-20)19-5-3-2-4-6-19/h2-6,8-9,11-14,16-17,22H,7,10,15,25-26H2,1H3. The van der Waals surface area contributed by atoms with Crippen LogP contribution in [0.5, 0.6) is 0 Å². The van der Waals surface area contributed by atoms with Gasteiger partial charge in [-0.05, 0) is 41.5 Å². The molecule has 4 rings (SSSR count). The zero-order chi connectivity index (χ0) is 18.9. The predicted molar refractivity (Wildman–Crippen MR) is 120 cm³/mol. The van der Waals surface area contributed by atoms with Crippen molar-refractivity contribution in [3.8, 4) is 22.4 Å². The average Bonchev–Trinajstić information content (AvgIpc) is 3.16. The first-order valence-electron chi connectivity index (χ1n) is 10.2. The van der Waals surface area contributed by atoms with Gasteiger partial charge in [0, 0.05) is 11.8 Å². The van der Waals surface area contributed by atoms with Crippen LogP contribution >= 0.6 is 0 Å². The van der Waals surface area contributed by atoms with Crippen molar-refractivity contribution in [3.05, 3.63) is 78.5 Å². The van der Waals surface area contributed by atoms with Gasteiger partial charge in [-0.25, -0.2) is 0 Å². The molecule has 3 heteroatoms. The average molecular weight is 351 g/mol. The molecule has 2 aromatic carbocycles. The third-order valence-electron chi connectivity index (χ3n) is 6.51. The largest absolute Gasteiger partial charge is 0.256 e. The van der Waals surface area contributed by atoms with Gasteiger partial charge >= 0.3 is 0 Å². The van der Waals surface area contributed by atoms with E-state index in [1.165, 1.54) is 36.0 Å². The van der Waals surface area contributed by atoms with Crippen LogP contribution in [0, 0.1) is 11.8 Å². The second kappa shape index (κ2) is 7.38. The first kappa shape index (κ1) is 18.1. The molecule has 0 saturated heterocycles. The summed E-state index contributed by atoms with van der Waals surface area (Å²) in [6.45, 7) is 2.40. The minimum Gasteiger partial charge on any atom is -0.256 e. The Morgan fingerprint density at radius 2 is 1.59 bits per heavy atom. The van der Waals surface area contributed by atoms with E-state index in [0.29, 0.717) is 0 Å². The van der Waals surface area contributed by atoms with Crippen LogP contribution in [0.2, 0.25) is 0 Å². The molecule has 0 aliphatic heterocycles. The normalized spacial score (nSPS) is 19.9. The SMILES string of the molecule is BC(B)(c1ccc(-c2ccnc(-c3ccccc3)c2)cc1)C1CCC(C)C1. The molecule has 3 aromatic rings. The minimum atomic E-state index is 0.247. The van der Waals surface area contributed by atoms with Gasteiger partial charge in [0.1, 0.15) is 15.7 Å². The van der Waals surface area contributed by atoms with Crippen LogP contribution < -0.4 is 0 Å². The van der Waals surface area contributed by atoms with E-state index in [9.17, 15) is 0 Å².